The van der Waals surface area contributed by atoms with Crippen LogP contribution in [0, 0.1) is 5.92 Å². The van der Waals surface area contributed by atoms with Gasteiger partial charge in [0.15, 0.2) is 0 Å². The van der Waals surface area contributed by atoms with E-state index < -0.39 is 0 Å². The molecule has 2 fully saturated rings. The molecule has 0 bridgehead atoms. The van der Waals surface area contributed by atoms with Crippen molar-refractivity contribution >= 4 is 0 Å². The number of hydrogen-bond acceptors (Lipinski definition) is 3. The molecule has 0 saturated carbocycles. The third kappa shape index (κ3) is 5.94. The van der Waals surface area contributed by atoms with Gasteiger partial charge in [-0.1, -0.05) is 14.4 Å². The zero-order chi connectivity index (χ0) is 19.1. The highest BCUT2D eigenvalue weighted by Gasteiger charge is 2.42. The summed E-state index contributed by atoms with van der Waals surface area (Å²) in [6.45, 7) is 20.9. The van der Waals surface area contributed by atoms with Gasteiger partial charge in [-0.2, -0.15) is 0 Å². The van der Waals surface area contributed by atoms with E-state index in [1.54, 1.807) is 0 Å². The van der Waals surface area contributed by atoms with Gasteiger partial charge in [0.25, 0.3) is 0 Å². The van der Waals surface area contributed by atoms with Crippen LogP contribution >= 0.6 is 0 Å². The van der Waals surface area contributed by atoms with E-state index in [-0.39, 0.29) is 18.5 Å². The van der Waals surface area contributed by atoms with E-state index in [2.05, 4.69) is 86.2 Å². The molecule has 0 unspecified atom stereocenters. The summed E-state index contributed by atoms with van der Waals surface area (Å²) in [5, 5.41) is 0. The zero-order valence-electron chi connectivity index (χ0n) is 18.5. The van der Waals surface area contributed by atoms with Crippen LogP contribution in [0.25, 0.3) is 0 Å². The van der Waals surface area contributed by atoms with Crippen molar-refractivity contribution in [2.24, 2.45) is 11.7 Å². The predicted molar refractivity (Wildman–Crippen MR) is 114 cm³/mol. The summed E-state index contributed by atoms with van der Waals surface area (Å²) in [5.74, 6) is 0.867. The second-order valence-corrected chi connectivity index (χ2v) is 11.0. The average molecular weight is 356 g/mol. The molecule has 0 amide bonds. The minimum absolute atomic E-state index is 0. The topological polar surface area (TPSA) is 32.5 Å². The number of nitrogens with zero attached hydrogens (tertiary/aromatic N) is 2. The molecular weight excluding hydrogens is 306 g/mol. The number of piperidine rings is 2. The van der Waals surface area contributed by atoms with Crippen molar-refractivity contribution in [2.45, 2.75) is 124 Å². The molecule has 0 aliphatic carbocycles. The van der Waals surface area contributed by atoms with Crippen molar-refractivity contribution < 1.29 is 0 Å². The van der Waals surface area contributed by atoms with Crippen LogP contribution in [-0.4, -0.2) is 52.1 Å². The van der Waals surface area contributed by atoms with Gasteiger partial charge < -0.3 is 5.73 Å². The summed E-state index contributed by atoms with van der Waals surface area (Å²) in [5.41, 5.74) is 7.28. The third-order valence-electron chi connectivity index (χ3n) is 6.85. The molecule has 2 heterocycles. The number of hydrogen-bond donors (Lipinski definition) is 1. The predicted octanol–water partition coefficient (Wildman–Crippen LogP) is 5.14. The molecule has 0 spiro atoms. The van der Waals surface area contributed by atoms with Crippen molar-refractivity contribution in [1.82, 2.24) is 9.80 Å². The summed E-state index contributed by atoms with van der Waals surface area (Å²) in [6, 6.07) is 0.367. The van der Waals surface area contributed by atoms with Gasteiger partial charge in [-0.25, -0.2) is 0 Å². The molecule has 0 atom stereocenters. The van der Waals surface area contributed by atoms with Gasteiger partial charge in [-0.15, -0.1) is 0 Å². The number of rotatable bonds is 0. The lowest BCUT2D eigenvalue weighted by atomic mass is 9.75. The van der Waals surface area contributed by atoms with Gasteiger partial charge in [0, 0.05) is 28.2 Å². The van der Waals surface area contributed by atoms with Crippen LogP contribution in [0.3, 0.4) is 0 Å². The third-order valence-corrected chi connectivity index (χ3v) is 6.85. The first-order valence-electron chi connectivity index (χ1n) is 9.75. The maximum absolute atomic E-state index is 6.02. The van der Waals surface area contributed by atoms with Crippen LogP contribution in [0.4, 0.5) is 0 Å². The molecule has 3 heteroatoms. The van der Waals surface area contributed by atoms with Gasteiger partial charge in [-0.05, 0) is 101 Å². The van der Waals surface area contributed by atoms with E-state index in [1.807, 2.05) is 0 Å². The van der Waals surface area contributed by atoms with Gasteiger partial charge in [0.2, 0.25) is 0 Å². The Kier molecular flexibility index (Phi) is 7.82. The minimum Gasteiger partial charge on any atom is -0.328 e. The summed E-state index contributed by atoms with van der Waals surface area (Å²) in [7, 11) is 4.46. The molecule has 0 aromatic carbocycles. The van der Waals surface area contributed by atoms with Crippen molar-refractivity contribution in [1.29, 1.82) is 0 Å². The Labute approximate surface area is 159 Å². The molecule has 2 rings (SSSR count). The van der Waals surface area contributed by atoms with Gasteiger partial charge >= 0.3 is 0 Å². The molecule has 0 aromatic heterocycles. The highest BCUT2D eigenvalue weighted by molar-refractivity contribution is 4.99. The lowest BCUT2D eigenvalue weighted by molar-refractivity contribution is -0.0255. The second-order valence-electron chi connectivity index (χ2n) is 11.0. The molecule has 0 aromatic rings. The quantitative estimate of drug-likeness (QED) is 0.653. The van der Waals surface area contributed by atoms with Crippen LogP contribution in [0.2, 0.25) is 0 Å². The molecule has 2 aliphatic rings. The van der Waals surface area contributed by atoms with E-state index in [0.29, 0.717) is 17.1 Å². The molecule has 25 heavy (non-hydrogen) atoms. The molecule has 2 saturated heterocycles. The Hall–Kier alpha value is -0.120. The normalized spacial score (nSPS) is 29.3. The first-order valence-corrected chi connectivity index (χ1v) is 9.75. The fourth-order valence-electron chi connectivity index (χ4n) is 5.32. The summed E-state index contributed by atoms with van der Waals surface area (Å²) in [6.07, 6.45) is 4.86. The van der Waals surface area contributed by atoms with E-state index in [4.69, 9.17) is 5.73 Å². The summed E-state index contributed by atoms with van der Waals surface area (Å²) >= 11 is 0. The monoisotopic (exact) mass is 355 g/mol. The van der Waals surface area contributed by atoms with E-state index in [9.17, 15) is 0 Å². The highest BCUT2D eigenvalue weighted by atomic mass is 15.2. The van der Waals surface area contributed by atoms with Crippen molar-refractivity contribution in [3.63, 3.8) is 0 Å². The van der Waals surface area contributed by atoms with Crippen LogP contribution < -0.4 is 5.73 Å². The van der Waals surface area contributed by atoms with Gasteiger partial charge in [0.1, 0.15) is 0 Å². The van der Waals surface area contributed by atoms with E-state index in [0.717, 1.165) is 18.8 Å². The van der Waals surface area contributed by atoms with Crippen molar-refractivity contribution in [3.8, 4) is 0 Å². The lowest BCUT2D eigenvalue weighted by Gasteiger charge is -2.53. The first kappa shape index (κ1) is 24.9. The van der Waals surface area contributed by atoms with Crippen LogP contribution in [0.1, 0.15) is 95.4 Å². The Morgan fingerprint density at radius 1 is 0.640 bits per heavy atom. The summed E-state index contributed by atoms with van der Waals surface area (Å²) < 4.78 is 0. The van der Waals surface area contributed by atoms with Gasteiger partial charge in [0.05, 0.1) is 0 Å². The van der Waals surface area contributed by atoms with Crippen LogP contribution in [-0.2, 0) is 0 Å². The fourth-order valence-corrected chi connectivity index (χ4v) is 5.32. The summed E-state index contributed by atoms with van der Waals surface area (Å²) in [4.78, 5) is 4.98. The molecule has 152 valence electrons. The van der Waals surface area contributed by atoms with Gasteiger partial charge in [-0.3, -0.25) is 9.80 Å². The Morgan fingerprint density at radius 3 is 1.16 bits per heavy atom. The Morgan fingerprint density at radius 2 is 0.880 bits per heavy atom. The molecule has 2 aliphatic heterocycles. The number of likely N-dealkylation sites (tertiary alicyclic amines) is 2. The van der Waals surface area contributed by atoms with Crippen molar-refractivity contribution in [2.75, 3.05) is 14.1 Å². The maximum Gasteiger partial charge on any atom is 0.0170 e. The van der Waals surface area contributed by atoms with Crippen molar-refractivity contribution in [3.05, 3.63) is 0 Å². The zero-order valence-corrected chi connectivity index (χ0v) is 18.5. The standard InChI is InChI=1S/C11H23N.C10H22N2.CH4/c1-9-7-10(2,3)12(6)11(4,5)8-9;1-9(2)6-8(11)7-10(3,4)12(9)5;/h9H,7-8H2,1-6H3;8H,6-7,11H2,1-5H3;1H4. The molecular formula is C22H49N3. The highest BCUT2D eigenvalue weighted by Crippen LogP contribution is 2.39. The lowest BCUT2D eigenvalue weighted by Crippen LogP contribution is -2.61. The fraction of sp³-hybridized carbons (Fsp3) is 1.00. The largest absolute Gasteiger partial charge is 0.328 e. The Bertz CT molecular complexity index is 347. The number of nitrogens with two attached hydrogens (primary N) is 1. The first-order chi connectivity index (χ1) is 10.5. The Balaban J connectivity index is 0.000000443. The minimum atomic E-state index is 0. The van der Waals surface area contributed by atoms with E-state index >= 15 is 0 Å². The van der Waals surface area contributed by atoms with Crippen LogP contribution in [0.15, 0.2) is 0 Å². The van der Waals surface area contributed by atoms with E-state index in [1.165, 1.54) is 12.8 Å². The molecule has 3 nitrogen and oxygen atoms in total. The second kappa shape index (κ2) is 7.86. The maximum atomic E-state index is 6.02. The molecule has 0 radical (unpaired) electrons. The van der Waals surface area contributed by atoms with Crippen LogP contribution in [0.5, 0.6) is 0 Å². The average Bonchev–Trinajstić information content (AvgIpc) is 2.31. The SMILES string of the molecule is C.CC1CC(C)(C)N(C)C(C)(C)C1.CN1C(C)(C)CC(N)CC1(C)C. The molecule has 2 N–H and O–H groups in total. The smallest absolute Gasteiger partial charge is 0.0170 e.